The van der Waals surface area contributed by atoms with Crippen molar-refractivity contribution in [3.05, 3.63) is 12.2 Å². The van der Waals surface area contributed by atoms with Crippen LogP contribution in [-0.4, -0.2) is 33.4 Å². The second-order valence-electron chi connectivity index (χ2n) is 2.48. The molecule has 1 atom stereocenters. The van der Waals surface area contributed by atoms with E-state index in [1.807, 2.05) is 0 Å². The van der Waals surface area contributed by atoms with Crippen LogP contribution in [0.4, 0.5) is 0 Å². The number of aliphatic hydroxyl groups excluding tert-OH is 1. The molecule has 0 saturated carbocycles. The third-order valence-corrected chi connectivity index (χ3v) is 1.61. The van der Waals surface area contributed by atoms with Crippen molar-refractivity contribution >= 4 is 13.6 Å². The molecular formula is C6H11O6P. The fraction of sp³-hybridized carbons (Fsp3) is 0.500. The first kappa shape index (κ1) is 12.5. The van der Waals surface area contributed by atoms with Crippen LogP contribution >= 0.6 is 7.82 Å². The van der Waals surface area contributed by atoms with Crippen molar-refractivity contribution in [1.82, 2.24) is 0 Å². The number of carbonyl (C=O) groups excluding carboxylic acids is 1. The van der Waals surface area contributed by atoms with Crippen LogP contribution in [0, 0.1) is 0 Å². The Kier molecular flexibility index (Phi) is 4.46. The molecule has 0 spiro atoms. The van der Waals surface area contributed by atoms with Crippen molar-refractivity contribution in [2.45, 2.75) is 13.0 Å². The van der Waals surface area contributed by atoms with Crippen LogP contribution in [0.3, 0.4) is 0 Å². The molecule has 0 aromatic rings. The van der Waals surface area contributed by atoms with Crippen LogP contribution in [0.2, 0.25) is 0 Å². The molecule has 6 nitrogen and oxygen atoms in total. The first-order valence-electron chi connectivity index (χ1n) is 3.30. The number of carbonyl (C=O) groups is 1. The van der Waals surface area contributed by atoms with Gasteiger partial charge in [0.05, 0.1) is 0 Å². The number of hydrogen-bond acceptors (Lipinski definition) is 4. The van der Waals surface area contributed by atoms with Gasteiger partial charge in [0.25, 0.3) is 0 Å². The zero-order chi connectivity index (χ0) is 10.6. The highest BCUT2D eigenvalue weighted by atomic mass is 31.2. The predicted octanol–water partition coefficient (Wildman–Crippen LogP) is -0.398. The molecule has 0 aliphatic heterocycles. The molecule has 0 aliphatic carbocycles. The highest BCUT2D eigenvalue weighted by Gasteiger charge is 2.21. The van der Waals surface area contributed by atoms with Gasteiger partial charge in [-0.15, -0.1) is 0 Å². The second-order valence-corrected chi connectivity index (χ2v) is 3.72. The van der Waals surface area contributed by atoms with Gasteiger partial charge in [-0.3, -0.25) is 9.32 Å². The van der Waals surface area contributed by atoms with Crippen LogP contribution in [0.25, 0.3) is 0 Å². The van der Waals surface area contributed by atoms with Crippen molar-refractivity contribution in [3.8, 4) is 0 Å². The molecular weight excluding hydrogens is 199 g/mol. The van der Waals surface area contributed by atoms with E-state index in [2.05, 4.69) is 11.1 Å². The maximum absolute atomic E-state index is 10.9. The second kappa shape index (κ2) is 4.64. The van der Waals surface area contributed by atoms with Crippen LogP contribution < -0.4 is 0 Å². The minimum atomic E-state index is -4.65. The van der Waals surface area contributed by atoms with Gasteiger partial charge in [0.15, 0.2) is 5.78 Å². The van der Waals surface area contributed by atoms with Gasteiger partial charge in [-0.05, 0) is 12.5 Å². The van der Waals surface area contributed by atoms with Gasteiger partial charge in [-0.2, -0.15) is 0 Å². The lowest BCUT2D eigenvalue weighted by Crippen LogP contribution is -2.25. The van der Waals surface area contributed by atoms with Gasteiger partial charge in [0.1, 0.15) is 12.7 Å². The number of aliphatic hydroxyl groups is 1. The van der Waals surface area contributed by atoms with Gasteiger partial charge < -0.3 is 14.9 Å². The Morgan fingerprint density at radius 1 is 1.62 bits per heavy atom. The molecule has 7 heteroatoms. The largest absolute Gasteiger partial charge is 0.470 e. The van der Waals surface area contributed by atoms with Crippen molar-refractivity contribution in [1.29, 1.82) is 0 Å². The lowest BCUT2D eigenvalue weighted by molar-refractivity contribution is -0.127. The van der Waals surface area contributed by atoms with Crippen LogP contribution in [-0.2, 0) is 13.9 Å². The minimum absolute atomic E-state index is 0.194. The van der Waals surface area contributed by atoms with Gasteiger partial charge >= 0.3 is 7.82 Å². The number of hydrogen-bond donors (Lipinski definition) is 3. The maximum atomic E-state index is 10.9. The van der Waals surface area contributed by atoms with Crippen molar-refractivity contribution in [3.63, 3.8) is 0 Å². The molecule has 0 rings (SSSR count). The average Bonchev–Trinajstić information content (AvgIpc) is 1.97. The molecule has 0 aromatic heterocycles. The highest BCUT2D eigenvalue weighted by molar-refractivity contribution is 7.46. The summed E-state index contributed by atoms with van der Waals surface area (Å²) in [6.07, 6.45) is -1.44. The molecule has 0 aromatic carbocycles. The Morgan fingerprint density at radius 3 is 2.38 bits per heavy atom. The van der Waals surface area contributed by atoms with E-state index in [0.29, 0.717) is 0 Å². The Morgan fingerprint density at radius 2 is 2.08 bits per heavy atom. The fourth-order valence-corrected chi connectivity index (χ4v) is 0.797. The van der Waals surface area contributed by atoms with Crippen molar-refractivity contribution in [2.75, 3.05) is 6.61 Å². The Balaban J connectivity index is 4.03. The molecule has 1 unspecified atom stereocenters. The molecule has 0 fully saturated rings. The smallest absolute Gasteiger partial charge is 0.381 e. The molecule has 0 saturated heterocycles. The minimum Gasteiger partial charge on any atom is -0.381 e. The summed E-state index contributed by atoms with van der Waals surface area (Å²) in [5.74, 6) is -0.837. The lowest BCUT2D eigenvalue weighted by atomic mass is 10.1. The molecule has 0 aliphatic rings. The monoisotopic (exact) mass is 210 g/mol. The third-order valence-electron chi connectivity index (χ3n) is 1.15. The summed E-state index contributed by atoms with van der Waals surface area (Å²) < 4.78 is 14.0. The standard InChI is InChI=1S/C6H11O6P/c1-4(2)6(8)5(7)3-12-13(9,10)11/h6,8H,1,3H2,2H3,(H2,9,10,11). The molecule has 13 heavy (non-hydrogen) atoms. The van der Waals surface area contributed by atoms with E-state index < -0.39 is 26.3 Å². The average molecular weight is 210 g/mol. The predicted molar refractivity (Wildman–Crippen MR) is 43.8 cm³/mol. The van der Waals surface area contributed by atoms with Gasteiger partial charge in [-0.25, -0.2) is 4.57 Å². The molecule has 0 bridgehead atoms. The molecule has 0 radical (unpaired) electrons. The topological polar surface area (TPSA) is 104 Å². The zero-order valence-corrected chi connectivity index (χ0v) is 7.90. The SMILES string of the molecule is C=C(C)C(O)C(=O)COP(=O)(O)O. The van der Waals surface area contributed by atoms with E-state index in [1.165, 1.54) is 6.92 Å². The molecule has 0 amide bonds. The van der Waals surface area contributed by atoms with Gasteiger partial charge in [-0.1, -0.05) is 6.58 Å². The summed E-state index contributed by atoms with van der Waals surface area (Å²) in [5.41, 5.74) is 0.194. The molecule has 76 valence electrons. The van der Waals surface area contributed by atoms with Crippen LogP contribution in [0.5, 0.6) is 0 Å². The fourth-order valence-electron chi connectivity index (χ4n) is 0.501. The molecule has 0 heterocycles. The Labute approximate surface area is 75.1 Å². The summed E-state index contributed by atoms with van der Waals surface area (Å²) in [5, 5.41) is 9.01. The Hall–Kier alpha value is -0.520. The van der Waals surface area contributed by atoms with Crippen molar-refractivity contribution in [2.24, 2.45) is 0 Å². The summed E-state index contributed by atoms with van der Waals surface area (Å²) in [6, 6.07) is 0. The number of Topliss-reactive ketones (excluding diaryl/α,β-unsaturated/α-hetero) is 1. The molecule has 3 N–H and O–H groups in total. The van der Waals surface area contributed by atoms with Crippen LogP contribution in [0.15, 0.2) is 12.2 Å². The lowest BCUT2D eigenvalue weighted by Gasteiger charge is -2.09. The van der Waals surface area contributed by atoms with E-state index in [-0.39, 0.29) is 5.57 Å². The Bertz CT molecular complexity index is 254. The van der Waals surface area contributed by atoms with E-state index in [9.17, 15) is 9.36 Å². The third kappa shape index (κ3) is 5.68. The maximum Gasteiger partial charge on any atom is 0.470 e. The van der Waals surface area contributed by atoms with E-state index >= 15 is 0 Å². The summed E-state index contributed by atoms with van der Waals surface area (Å²) in [7, 11) is -4.65. The quantitative estimate of drug-likeness (QED) is 0.421. The first-order chi connectivity index (χ1) is 5.74. The van der Waals surface area contributed by atoms with Gasteiger partial charge in [0.2, 0.25) is 0 Å². The number of phosphoric ester groups is 1. The zero-order valence-electron chi connectivity index (χ0n) is 7.01. The normalized spacial score (nSPS) is 13.8. The summed E-state index contributed by atoms with van der Waals surface area (Å²) in [4.78, 5) is 27.3. The summed E-state index contributed by atoms with van der Waals surface area (Å²) in [6.45, 7) is 3.88. The van der Waals surface area contributed by atoms with Crippen LogP contribution in [0.1, 0.15) is 6.92 Å². The number of ketones is 1. The van der Waals surface area contributed by atoms with E-state index in [1.54, 1.807) is 0 Å². The van der Waals surface area contributed by atoms with E-state index in [0.717, 1.165) is 0 Å². The van der Waals surface area contributed by atoms with E-state index in [4.69, 9.17) is 14.9 Å². The highest BCUT2D eigenvalue weighted by Crippen LogP contribution is 2.35. The number of phosphoric acid groups is 1. The first-order valence-corrected chi connectivity index (χ1v) is 4.83. The number of rotatable bonds is 5. The van der Waals surface area contributed by atoms with Gasteiger partial charge in [0, 0.05) is 0 Å². The van der Waals surface area contributed by atoms with Crippen molar-refractivity contribution < 1.29 is 28.8 Å². The summed E-state index contributed by atoms with van der Waals surface area (Å²) >= 11 is 0.